The molecule has 1 aromatic carbocycles. The maximum atomic E-state index is 10.2. The van der Waals surface area contributed by atoms with Gasteiger partial charge in [0, 0.05) is 5.41 Å². The lowest BCUT2D eigenvalue weighted by molar-refractivity contribution is -0.890. The Labute approximate surface area is 320 Å². The fourth-order valence-electron chi connectivity index (χ4n) is 7.01. The van der Waals surface area contributed by atoms with Crippen molar-refractivity contribution >= 4 is 16.2 Å². The fraction of sp³-hybridized carbons (Fsp3) is 0.826. The van der Waals surface area contributed by atoms with Crippen molar-refractivity contribution in [2.24, 2.45) is 0 Å². The molecule has 0 aromatic heterocycles. The van der Waals surface area contributed by atoms with Crippen LogP contribution in [0.3, 0.4) is 0 Å². The van der Waals surface area contributed by atoms with E-state index in [9.17, 15) is 13.0 Å². The third kappa shape index (κ3) is 41.4. The lowest BCUT2D eigenvalue weighted by Crippen LogP contribution is -2.41. The third-order valence-electron chi connectivity index (χ3n) is 10.5. The van der Waals surface area contributed by atoms with Crippen molar-refractivity contribution < 1.29 is 17.5 Å². The molecule has 5 heteroatoms. The van der Waals surface area contributed by atoms with Crippen molar-refractivity contribution in [1.29, 1.82) is 0 Å². The number of nitrogens with zero attached hydrogens (tertiary/aromatic N) is 1. The quantitative estimate of drug-likeness (QED) is 0.0392. The molecule has 0 unspecified atom stereocenters. The molecule has 0 saturated heterocycles. The Bertz CT molecular complexity index is 922. The Hall–Kier alpha value is -1.17. The van der Waals surface area contributed by atoms with Gasteiger partial charge in [0.1, 0.15) is 10.1 Å². The first-order valence-corrected chi connectivity index (χ1v) is 23.7. The second-order valence-corrected chi connectivity index (χ2v) is 17.5. The molecular weight excluding hydrogens is 647 g/mol. The molecule has 1 aromatic rings. The van der Waals surface area contributed by atoms with Gasteiger partial charge in [-0.15, -0.1) is 0 Å². The van der Waals surface area contributed by atoms with Crippen LogP contribution in [0, 0.1) is 0 Å². The van der Waals surface area contributed by atoms with Crippen molar-refractivity contribution in [2.75, 3.05) is 27.2 Å². The average molecular weight is 734 g/mol. The van der Waals surface area contributed by atoms with Gasteiger partial charge in [-0.2, -0.15) is 0 Å². The molecule has 0 fully saturated rings. The highest BCUT2D eigenvalue weighted by Gasteiger charge is 2.13. The van der Waals surface area contributed by atoms with Crippen molar-refractivity contribution in [3.8, 4) is 0 Å². The maximum Gasteiger partial charge on any atom is 0.117 e. The Kier molecular flexibility index (Phi) is 36.3. The molecule has 0 aliphatic carbocycles. The van der Waals surface area contributed by atoms with Crippen molar-refractivity contribution in [3.05, 3.63) is 41.3 Å². The molecule has 0 atom stereocenters. The van der Waals surface area contributed by atoms with Gasteiger partial charge in [0.2, 0.25) is 0 Å². The van der Waals surface area contributed by atoms with E-state index in [0.29, 0.717) is 11.0 Å². The van der Waals surface area contributed by atoms with E-state index in [1.165, 1.54) is 229 Å². The summed E-state index contributed by atoms with van der Waals surface area (Å²) in [6.45, 7) is 7.39. The van der Waals surface area contributed by atoms with Crippen LogP contribution < -0.4 is 0 Å². The van der Waals surface area contributed by atoms with E-state index < -0.39 is 10.1 Å². The highest BCUT2D eigenvalue weighted by atomic mass is 32.2. The molecular formula is C46H87NO3S. The zero-order valence-electron chi connectivity index (χ0n) is 34.7. The molecule has 0 amide bonds. The third-order valence-corrected chi connectivity index (χ3v) is 10.9. The van der Waals surface area contributed by atoms with Gasteiger partial charge < -0.3 is 9.04 Å². The molecule has 0 spiro atoms. The SMILES string of the molecule is CCCCCCCCCCCCCCCCCC[N+](C)(C)CCCCCCCCCCCCCCCCCC.O=S(=O)([O-])C=Cc1ccccc1. The summed E-state index contributed by atoms with van der Waals surface area (Å²) in [5.41, 5.74) is 0.692. The molecule has 1 rings (SSSR count). The summed E-state index contributed by atoms with van der Waals surface area (Å²) in [6, 6.07) is 8.75. The predicted molar refractivity (Wildman–Crippen MR) is 226 cm³/mol. The molecule has 0 heterocycles. The summed E-state index contributed by atoms with van der Waals surface area (Å²) in [4.78, 5) is 0. The van der Waals surface area contributed by atoms with E-state index in [1.807, 2.05) is 6.07 Å². The minimum absolute atomic E-state index is 0.641. The van der Waals surface area contributed by atoms with E-state index in [1.54, 1.807) is 24.3 Å². The molecule has 0 radical (unpaired) electrons. The van der Waals surface area contributed by atoms with Crippen LogP contribution in [0.5, 0.6) is 0 Å². The number of hydrogen-bond acceptors (Lipinski definition) is 3. The van der Waals surface area contributed by atoms with E-state index in [4.69, 9.17) is 0 Å². The second-order valence-electron chi connectivity index (χ2n) is 16.2. The van der Waals surface area contributed by atoms with E-state index in [2.05, 4.69) is 27.9 Å². The van der Waals surface area contributed by atoms with Gasteiger partial charge in [-0.1, -0.05) is 224 Å². The largest absolute Gasteiger partial charge is 0.744 e. The summed E-state index contributed by atoms with van der Waals surface area (Å²) in [6.07, 6.45) is 48.2. The first-order chi connectivity index (χ1) is 24.7. The van der Waals surface area contributed by atoms with Crippen molar-refractivity contribution in [3.63, 3.8) is 0 Å². The van der Waals surface area contributed by atoms with Crippen LogP contribution in [-0.2, 0) is 10.1 Å². The molecule has 0 aliphatic heterocycles. The van der Waals surface area contributed by atoms with Gasteiger partial charge in [-0.25, -0.2) is 8.42 Å². The van der Waals surface area contributed by atoms with Gasteiger partial charge in [-0.3, -0.25) is 0 Å². The summed E-state index contributed by atoms with van der Waals surface area (Å²) < 4.78 is 31.7. The smallest absolute Gasteiger partial charge is 0.117 e. The van der Waals surface area contributed by atoms with Crippen LogP contribution in [0.25, 0.3) is 6.08 Å². The fourth-order valence-corrected chi connectivity index (χ4v) is 7.34. The predicted octanol–water partition coefficient (Wildman–Crippen LogP) is 14.8. The summed E-state index contributed by atoms with van der Waals surface area (Å²) in [5, 5.41) is 0.641. The second kappa shape index (κ2) is 37.2. The minimum Gasteiger partial charge on any atom is -0.744 e. The normalized spacial score (nSPS) is 12.0. The number of quaternary nitrogens is 1. The zero-order valence-corrected chi connectivity index (χ0v) is 35.5. The van der Waals surface area contributed by atoms with Crippen LogP contribution >= 0.6 is 0 Å². The highest BCUT2D eigenvalue weighted by Crippen LogP contribution is 2.16. The summed E-state index contributed by atoms with van der Waals surface area (Å²) in [5.74, 6) is 0. The number of unbranched alkanes of at least 4 members (excludes halogenated alkanes) is 30. The van der Waals surface area contributed by atoms with Crippen molar-refractivity contribution in [1.82, 2.24) is 0 Å². The minimum atomic E-state index is -4.25. The summed E-state index contributed by atoms with van der Waals surface area (Å²) in [7, 11) is 0.684. The van der Waals surface area contributed by atoms with E-state index in [0.717, 1.165) is 0 Å². The van der Waals surface area contributed by atoms with Gasteiger partial charge in [-0.05, 0) is 37.3 Å². The standard InChI is InChI=1S/C38H80N.C8H8O3S/c1-5-7-9-11-13-15-17-19-21-23-25-27-29-31-33-35-37-39(3,4)38-36-34-32-30-28-26-24-22-20-18-16-14-12-10-8-6-2;9-12(10,11)7-6-8-4-2-1-3-5-8/h5-38H2,1-4H3;1-7H,(H,9,10,11)/q+1;/p-1. The van der Waals surface area contributed by atoms with Gasteiger partial charge in [0.15, 0.2) is 0 Å². The Balaban J connectivity index is 0.00000174. The molecule has 300 valence electrons. The molecule has 4 nitrogen and oxygen atoms in total. The lowest BCUT2D eigenvalue weighted by atomic mass is 10.0. The van der Waals surface area contributed by atoms with Crippen LogP contribution in [0.1, 0.15) is 225 Å². The van der Waals surface area contributed by atoms with Crippen molar-refractivity contribution in [2.45, 2.75) is 219 Å². The van der Waals surface area contributed by atoms with E-state index in [-0.39, 0.29) is 0 Å². The summed E-state index contributed by atoms with van der Waals surface area (Å²) >= 11 is 0. The average Bonchev–Trinajstić information content (AvgIpc) is 3.11. The van der Waals surface area contributed by atoms with Gasteiger partial charge >= 0.3 is 0 Å². The number of benzene rings is 1. The lowest BCUT2D eigenvalue weighted by Gasteiger charge is -2.30. The highest BCUT2D eigenvalue weighted by molar-refractivity contribution is 7.88. The van der Waals surface area contributed by atoms with Crippen LogP contribution in [0.2, 0.25) is 0 Å². The topological polar surface area (TPSA) is 57.2 Å². The van der Waals surface area contributed by atoms with Crippen LogP contribution in [0.15, 0.2) is 35.7 Å². The van der Waals surface area contributed by atoms with Gasteiger partial charge in [0.05, 0.1) is 27.2 Å². The maximum absolute atomic E-state index is 10.2. The monoisotopic (exact) mass is 734 g/mol. The Morgan fingerprint density at radius 1 is 0.451 bits per heavy atom. The van der Waals surface area contributed by atoms with E-state index >= 15 is 0 Å². The molecule has 0 saturated carbocycles. The molecule has 51 heavy (non-hydrogen) atoms. The zero-order chi connectivity index (χ0) is 37.6. The van der Waals surface area contributed by atoms with Crippen LogP contribution in [0.4, 0.5) is 0 Å². The number of hydrogen-bond donors (Lipinski definition) is 0. The van der Waals surface area contributed by atoms with Crippen LogP contribution in [-0.4, -0.2) is 44.6 Å². The van der Waals surface area contributed by atoms with Gasteiger partial charge in [0.25, 0.3) is 0 Å². The Morgan fingerprint density at radius 3 is 0.961 bits per heavy atom. The first-order valence-electron chi connectivity index (χ1n) is 22.2. The molecule has 0 bridgehead atoms. The number of rotatable bonds is 36. The first kappa shape index (κ1) is 49.8. The molecule has 0 aliphatic rings. The Morgan fingerprint density at radius 2 is 0.706 bits per heavy atom. The molecule has 0 N–H and O–H groups in total.